The molecule has 2 aromatic heterocycles. The molecule has 1 aliphatic heterocycles. The molecule has 5 rings (SSSR count). The van der Waals surface area contributed by atoms with Crippen LogP contribution in [0.3, 0.4) is 0 Å². The Morgan fingerprint density at radius 3 is 2.73 bits per heavy atom. The number of nitrogens with zero attached hydrogens (tertiary/aromatic N) is 2. The first-order chi connectivity index (χ1) is 21.4. The Bertz CT molecular complexity index is 1880. The van der Waals surface area contributed by atoms with Gasteiger partial charge in [-0.25, -0.2) is 18.6 Å². The molecule has 0 spiro atoms. The second kappa shape index (κ2) is 13.5. The third-order valence-electron chi connectivity index (χ3n) is 6.72. The minimum atomic E-state index is -0.972. The van der Waals surface area contributed by atoms with Crippen molar-refractivity contribution in [3.05, 3.63) is 44.7 Å². The van der Waals surface area contributed by atoms with E-state index in [2.05, 4.69) is 15.3 Å². The normalized spacial score (nSPS) is 15.3. The van der Waals surface area contributed by atoms with E-state index in [0.717, 1.165) is 48.4 Å². The molecule has 238 valence electrons. The lowest BCUT2D eigenvalue weighted by atomic mass is 9.96. The van der Waals surface area contributed by atoms with Crippen molar-refractivity contribution in [2.45, 2.75) is 57.1 Å². The van der Waals surface area contributed by atoms with Crippen LogP contribution in [-0.4, -0.2) is 54.0 Å². The molecule has 1 fully saturated rings. The highest BCUT2D eigenvalue weighted by atomic mass is 35.5. The third kappa shape index (κ3) is 6.87. The van der Waals surface area contributed by atoms with Crippen molar-refractivity contribution in [2.75, 3.05) is 31.4 Å². The fraction of sp³-hybridized carbons (Fsp3) is 0.400. The number of rotatable bonds is 8. The first-order valence-electron chi connectivity index (χ1n) is 13.9. The van der Waals surface area contributed by atoms with Crippen LogP contribution in [0.15, 0.2) is 22.1 Å². The summed E-state index contributed by atoms with van der Waals surface area (Å²) in [5.41, 5.74) is -2.19. The monoisotopic (exact) mass is 678 g/mol. The molecule has 10 nitrogen and oxygen atoms in total. The molecule has 2 N–H and O–H groups in total. The Morgan fingerprint density at radius 1 is 1.29 bits per heavy atom. The quantitative estimate of drug-likeness (QED) is 0.110. The molecule has 4 aromatic rings. The number of H-pyrrole nitrogens is 1. The van der Waals surface area contributed by atoms with Gasteiger partial charge in [0.1, 0.15) is 40.0 Å². The van der Waals surface area contributed by atoms with Crippen molar-refractivity contribution in [3.63, 3.8) is 0 Å². The molecular formula is C30H29ClF2N4O6S2. The number of thiophene rings is 1. The van der Waals surface area contributed by atoms with Gasteiger partial charge in [-0.3, -0.25) is 10.1 Å². The summed E-state index contributed by atoms with van der Waals surface area (Å²) in [6.45, 7) is 5.63. The molecule has 0 saturated carbocycles. The van der Waals surface area contributed by atoms with Gasteiger partial charge in [-0.15, -0.1) is 11.3 Å². The number of aromatic nitrogens is 2. The van der Waals surface area contributed by atoms with E-state index in [0.29, 0.717) is 6.61 Å². The van der Waals surface area contributed by atoms with Crippen molar-refractivity contribution in [2.24, 2.45) is 0 Å². The summed E-state index contributed by atoms with van der Waals surface area (Å²) in [5.74, 6) is -1.83. The Kier molecular flexibility index (Phi) is 9.85. The van der Waals surface area contributed by atoms with Crippen LogP contribution < -0.4 is 15.6 Å². The van der Waals surface area contributed by atoms with Crippen LogP contribution in [0.1, 0.15) is 45.6 Å². The maximum Gasteiger partial charge on any atom is 0.412 e. The zero-order valence-electron chi connectivity index (χ0n) is 24.8. The van der Waals surface area contributed by atoms with Crippen LogP contribution in [0.4, 0.5) is 18.6 Å². The molecule has 0 bridgehead atoms. The summed E-state index contributed by atoms with van der Waals surface area (Å²) in [7, 11) is 0. The fourth-order valence-corrected chi connectivity index (χ4v) is 6.64. The molecule has 1 saturated heterocycles. The first kappa shape index (κ1) is 32.9. The molecule has 1 amide bonds. The molecule has 3 heterocycles. The highest BCUT2D eigenvalue weighted by molar-refractivity contribution is 7.98. The molecular weight excluding hydrogens is 650 g/mol. The predicted octanol–water partition coefficient (Wildman–Crippen LogP) is 7.60. The smallest absolute Gasteiger partial charge is 0.412 e. The fourth-order valence-electron chi connectivity index (χ4n) is 4.87. The molecule has 1 aliphatic rings. The van der Waals surface area contributed by atoms with Crippen molar-refractivity contribution >= 4 is 66.8 Å². The van der Waals surface area contributed by atoms with Crippen molar-refractivity contribution in [3.8, 4) is 22.9 Å². The Morgan fingerprint density at radius 2 is 2.07 bits per heavy atom. The summed E-state index contributed by atoms with van der Waals surface area (Å²) in [6, 6.07) is 4.36. The second-order valence-corrected chi connectivity index (χ2v) is 13.2. The van der Waals surface area contributed by atoms with Gasteiger partial charge in [0.15, 0.2) is 23.0 Å². The number of nitrogens with one attached hydrogen (secondary N) is 2. The topological polar surface area (TPSA) is 136 Å². The van der Waals surface area contributed by atoms with E-state index in [1.165, 1.54) is 6.07 Å². The van der Waals surface area contributed by atoms with Gasteiger partial charge in [0, 0.05) is 17.6 Å². The average Bonchev–Trinajstić information content (AvgIpc) is 3.36. The number of hydrogen-bond donors (Lipinski definition) is 2. The zero-order valence-corrected chi connectivity index (χ0v) is 27.2. The number of amides is 1. The van der Waals surface area contributed by atoms with Crippen LogP contribution in [-0.2, 0) is 14.2 Å². The maximum atomic E-state index is 16.5. The highest BCUT2D eigenvalue weighted by Crippen LogP contribution is 2.48. The average molecular weight is 679 g/mol. The van der Waals surface area contributed by atoms with Gasteiger partial charge in [0.25, 0.3) is 5.56 Å². The Balaban J connectivity index is 1.66. The number of ether oxygens (including phenoxy) is 4. The molecule has 15 heteroatoms. The van der Waals surface area contributed by atoms with Crippen molar-refractivity contribution in [1.29, 1.82) is 5.26 Å². The first-order valence-corrected chi connectivity index (χ1v) is 16.4. The van der Waals surface area contributed by atoms with Gasteiger partial charge in [-0.1, -0.05) is 29.4 Å². The van der Waals surface area contributed by atoms with Crippen molar-refractivity contribution < 1.29 is 32.5 Å². The molecule has 0 radical (unpaired) electrons. The van der Waals surface area contributed by atoms with Gasteiger partial charge in [-0.2, -0.15) is 5.26 Å². The number of carbonyl (C=O) groups is 1. The number of nitriles is 1. The molecule has 1 atom stereocenters. The maximum absolute atomic E-state index is 16.5. The minimum Gasteiger partial charge on any atom is -0.489 e. The Hall–Kier alpha value is -3.48. The van der Waals surface area contributed by atoms with E-state index in [-0.39, 0.29) is 78.1 Å². The van der Waals surface area contributed by atoms with E-state index in [1.807, 2.05) is 6.07 Å². The summed E-state index contributed by atoms with van der Waals surface area (Å²) in [5, 5.41) is 12.3. The minimum absolute atomic E-state index is 0.00297. The SMILES string of the molecule is CSc1nc2c(F)c(-c3ccc(F)c4sc(NC(=O)OC(C)(C)C)c(C#N)c34)c(Cl)c(OCCOC3CCCCO3)c2c(=O)[nH]1. The number of halogens is 3. The Labute approximate surface area is 270 Å². The number of benzene rings is 2. The molecule has 1 unspecified atom stereocenters. The van der Waals surface area contributed by atoms with Crippen molar-refractivity contribution in [1.82, 2.24) is 9.97 Å². The van der Waals surface area contributed by atoms with Gasteiger partial charge in [-0.05, 0) is 57.9 Å². The number of hydrogen-bond acceptors (Lipinski definition) is 10. The summed E-state index contributed by atoms with van der Waals surface area (Å²) >= 11 is 8.70. The van der Waals surface area contributed by atoms with E-state index in [1.54, 1.807) is 27.0 Å². The summed E-state index contributed by atoms with van der Waals surface area (Å²) in [4.78, 5) is 32.6. The van der Waals surface area contributed by atoms with E-state index in [9.17, 15) is 14.9 Å². The van der Waals surface area contributed by atoms with Gasteiger partial charge < -0.3 is 23.9 Å². The van der Waals surface area contributed by atoms with E-state index in [4.69, 9.17) is 30.5 Å². The molecule has 0 aliphatic carbocycles. The third-order valence-corrected chi connectivity index (χ3v) is 8.78. The highest BCUT2D eigenvalue weighted by Gasteiger charge is 2.29. The lowest BCUT2D eigenvalue weighted by Gasteiger charge is -2.23. The zero-order chi connectivity index (χ0) is 32.5. The number of fused-ring (bicyclic) bond motifs is 2. The molecule has 2 aromatic carbocycles. The van der Waals surface area contributed by atoms with Gasteiger partial charge >= 0.3 is 6.09 Å². The van der Waals surface area contributed by atoms with Gasteiger partial charge in [0.05, 0.1) is 21.9 Å². The largest absolute Gasteiger partial charge is 0.489 e. The van der Waals surface area contributed by atoms with Crippen LogP contribution in [0.25, 0.3) is 32.1 Å². The number of thioether (sulfide) groups is 1. The lowest BCUT2D eigenvalue weighted by molar-refractivity contribution is -0.165. The predicted molar refractivity (Wildman–Crippen MR) is 169 cm³/mol. The number of anilines is 1. The summed E-state index contributed by atoms with van der Waals surface area (Å²) < 4.78 is 54.2. The molecule has 45 heavy (non-hydrogen) atoms. The number of carbonyl (C=O) groups excluding carboxylic acids is 1. The number of aromatic amines is 1. The van der Waals surface area contributed by atoms with Gasteiger partial charge in [0.2, 0.25) is 0 Å². The van der Waals surface area contributed by atoms with E-state index < -0.39 is 28.9 Å². The summed E-state index contributed by atoms with van der Waals surface area (Å²) in [6.07, 6.45) is 3.08. The van der Waals surface area contributed by atoms with Crippen LogP contribution >= 0.6 is 34.7 Å². The lowest BCUT2D eigenvalue weighted by Crippen LogP contribution is -2.27. The van der Waals surface area contributed by atoms with E-state index >= 15 is 8.78 Å². The van der Waals surface area contributed by atoms with Crippen LogP contribution in [0.2, 0.25) is 5.02 Å². The van der Waals surface area contributed by atoms with Crippen LogP contribution in [0.5, 0.6) is 5.75 Å². The van der Waals surface area contributed by atoms with Crippen LogP contribution in [0, 0.1) is 23.0 Å². The second-order valence-electron chi connectivity index (χ2n) is 11.0. The standard InChI is InChI=1S/C30H29ClF2N4O6S2/c1-30(2,3)43-29(39)37-27-15(13-34)18-14(8-9-16(32)25(18)45-27)19-21(31)24(42-12-11-41-17-7-5-6-10-40-17)20-23(22(19)33)35-28(44-4)36-26(20)38/h8-9,17H,5-7,10-12H2,1-4H3,(H,37,39)(H,35,36,38).